The largest absolute Gasteiger partial charge is 3.00 e. The van der Waals surface area contributed by atoms with Gasteiger partial charge < -0.3 is 20.5 Å². The molecular formula is CAgCeO4Zn+2. The van der Waals surface area contributed by atoms with Crippen LogP contribution >= 0.6 is 0 Å². The van der Waals surface area contributed by atoms with Crippen LogP contribution in [0.25, 0.3) is 0 Å². The minimum Gasteiger partial charge on any atom is -2.00 e. The normalized spacial score (nSPS) is 3.00. The summed E-state index contributed by atoms with van der Waals surface area (Å²) in [6, 6.07) is 0. The molecule has 0 aromatic rings. The van der Waals surface area contributed by atoms with Gasteiger partial charge in [0.1, 0.15) is 0 Å². The number of hydrogen-bond donors (Lipinski definition) is 0. The molecule has 7 heteroatoms. The number of hydrogen-bond acceptors (Lipinski definition) is 3. The third-order valence-electron chi connectivity index (χ3n) is 0. The summed E-state index contributed by atoms with van der Waals surface area (Å²) in [5.41, 5.74) is 0. The minimum atomic E-state index is -2.33. The smallest absolute Gasteiger partial charge is 2.00 e. The van der Waals surface area contributed by atoms with E-state index < -0.39 is 6.16 Å². The molecule has 0 aliphatic heterocycles. The van der Waals surface area contributed by atoms with Crippen LogP contribution in [0, 0.1) is 41.7 Å². The van der Waals surface area contributed by atoms with E-state index in [-0.39, 0.29) is 89.1 Å². The fraction of sp³-hybridized carbons (Fsp3) is 0. The Morgan fingerprint density at radius 3 is 1.25 bits per heavy atom. The molecule has 0 fully saturated rings. The van der Waals surface area contributed by atoms with E-state index in [9.17, 15) is 0 Å². The Balaban J connectivity index is -0.00000000750. The van der Waals surface area contributed by atoms with Crippen LogP contribution in [0.3, 0.4) is 0 Å². The Morgan fingerprint density at radius 2 is 1.25 bits per heavy atom. The summed E-state index contributed by atoms with van der Waals surface area (Å²) in [4.78, 5) is 8.33. The summed E-state index contributed by atoms with van der Waals surface area (Å²) < 4.78 is 0. The summed E-state index contributed by atoms with van der Waals surface area (Å²) in [7, 11) is 0. The molecule has 1 radical (unpaired) electrons. The molecule has 4 nitrogen and oxygen atoms in total. The molecule has 0 amide bonds. The van der Waals surface area contributed by atoms with Crippen molar-refractivity contribution in [2.45, 2.75) is 0 Å². The second-order valence-electron chi connectivity index (χ2n) is 0.250. The van der Waals surface area contributed by atoms with E-state index in [1.807, 2.05) is 0 Å². The Bertz CT molecular complexity index is 39.0. The second-order valence-corrected chi connectivity index (χ2v) is 0.250. The summed E-state index contributed by atoms with van der Waals surface area (Å²) in [6.45, 7) is 0. The van der Waals surface area contributed by atoms with Crippen molar-refractivity contribution in [2.24, 2.45) is 0 Å². The fourth-order valence-electron chi connectivity index (χ4n) is 0. The van der Waals surface area contributed by atoms with E-state index in [1.165, 1.54) is 0 Å². The average molecular weight is 389 g/mol. The maximum atomic E-state index is 8.33. The van der Waals surface area contributed by atoms with Crippen LogP contribution in [0.5, 0.6) is 0 Å². The third kappa shape index (κ3) is 99.8. The van der Waals surface area contributed by atoms with Crippen molar-refractivity contribution >= 4 is 6.16 Å². The van der Waals surface area contributed by atoms with Crippen LogP contribution in [0.15, 0.2) is 0 Å². The van der Waals surface area contributed by atoms with Gasteiger partial charge in [-0.3, -0.25) is 0 Å². The first-order chi connectivity index (χ1) is 1.73. The summed E-state index contributed by atoms with van der Waals surface area (Å²) in [5, 5.41) is 16.7. The van der Waals surface area contributed by atoms with E-state index in [1.54, 1.807) is 0 Å². The fourth-order valence-corrected chi connectivity index (χ4v) is 0. The van der Waals surface area contributed by atoms with Crippen molar-refractivity contribution in [3.8, 4) is 0 Å². The molecule has 0 N–H and O–H groups in total. The monoisotopic (exact) mass is 387 g/mol. The van der Waals surface area contributed by atoms with Gasteiger partial charge in [-0.2, -0.15) is 0 Å². The number of carbonyl (C=O) groups is 1. The van der Waals surface area contributed by atoms with E-state index in [0.29, 0.717) is 0 Å². The van der Waals surface area contributed by atoms with Crippen LogP contribution < -0.4 is 10.2 Å². The third-order valence-corrected chi connectivity index (χ3v) is 0. The zero-order valence-corrected chi connectivity index (χ0v) is 11.2. The van der Waals surface area contributed by atoms with Gasteiger partial charge in [0, 0.05) is 0 Å². The molecule has 0 rings (SSSR count). The minimum absolute atomic E-state index is 0. The van der Waals surface area contributed by atoms with Crippen molar-refractivity contribution in [2.75, 3.05) is 0 Å². The van der Waals surface area contributed by atoms with Crippen molar-refractivity contribution < 1.29 is 104 Å². The SMILES string of the molecule is O=C([O-])[O-].[Ag+].[Ce+3].[O-2].[Zn+2]. The molecule has 0 aromatic carbocycles. The molecule has 0 aliphatic rings. The van der Waals surface area contributed by atoms with Crippen molar-refractivity contribution in [1.82, 2.24) is 0 Å². The topological polar surface area (TPSA) is 91.7 Å². The first-order valence-electron chi connectivity index (χ1n) is 0.612. The summed E-state index contributed by atoms with van der Waals surface area (Å²) in [6.07, 6.45) is -2.33. The molecule has 0 saturated heterocycles. The molecule has 43 valence electrons. The molecule has 0 unspecified atom stereocenters. The Labute approximate surface area is 108 Å². The van der Waals surface area contributed by atoms with E-state index >= 15 is 0 Å². The maximum absolute atomic E-state index is 8.33. The molecule has 0 spiro atoms. The number of carbonyl (C=O) groups excluding carboxylic acids is 1. The van der Waals surface area contributed by atoms with Crippen LogP contribution in [0.2, 0.25) is 0 Å². The van der Waals surface area contributed by atoms with Gasteiger partial charge in [0.25, 0.3) is 0 Å². The summed E-state index contributed by atoms with van der Waals surface area (Å²) >= 11 is 0. The standard InChI is InChI=1S/CH2O3.Ag.Ce.O.Zn/c2-1(3)4;;;;/h(H2,2,3,4);;;;/q;+1;+3;-2;+2/p-2. The molecule has 0 bridgehead atoms. The predicted molar refractivity (Wildman–Crippen MR) is 6.08 cm³/mol. The second kappa shape index (κ2) is 23.1. The average Bonchev–Trinajstić information content (AvgIpc) is 0.811. The maximum Gasteiger partial charge on any atom is 3.00 e. The Hall–Kier alpha value is 1.97. The Morgan fingerprint density at radius 1 is 1.25 bits per heavy atom. The molecule has 0 saturated carbocycles. The number of carboxylic acid groups (broad SMARTS) is 2. The molecule has 0 heterocycles. The molecule has 0 aliphatic carbocycles. The summed E-state index contributed by atoms with van der Waals surface area (Å²) in [5.74, 6) is 0. The van der Waals surface area contributed by atoms with Crippen molar-refractivity contribution in [1.29, 1.82) is 0 Å². The van der Waals surface area contributed by atoms with Gasteiger partial charge >= 0.3 is 83.6 Å². The van der Waals surface area contributed by atoms with Gasteiger partial charge in [0.15, 0.2) is 0 Å². The van der Waals surface area contributed by atoms with Gasteiger partial charge in [-0.1, -0.05) is 0 Å². The van der Waals surface area contributed by atoms with Crippen LogP contribution in [-0.2, 0) is 47.3 Å². The van der Waals surface area contributed by atoms with Crippen LogP contribution in [0.4, 0.5) is 4.79 Å². The zero-order valence-electron chi connectivity index (χ0n) is 3.64. The van der Waals surface area contributed by atoms with Crippen molar-refractivity contribution in [3.63, 3.8) is 0 Å². The van der Waals surface area contributed by atoms with Crippen molar-refractivity contribution in [3.05, 3.63) is 0 Å². The van der Waals surface area contributed by atoms with Gasteiger partial charge in [-0.25, -0.2) is 0 Å². The number of rotatable bonds is 0. The van der Waals surface area contributed by atoms with Gasteiger partial charge in [0.2, 0.25) is 0 Å². The van der Waals surface area contributed by atoms with E-state index in [2.05, 4.69) is 0 Å². The van der Waals surface area contributed by atoms with E-state index in [0.717, 1.165) is 0 Å². The molecule has 8 heavy (non-hydrogen) atoms. The molecule has 0 atom stereocenters. The van der Waals surface area contributed by atoms with Gasteiger partial charge in [-0.15, -0.1) is 0 Å². The van der Waals surface area contributed by atoms with Crippen LogP contribution in [-0.4, -0.2) is 6.16 Å². The predicted octanol–water partition coefficient (Wildman–Crippen LogP) is -2.57. The Kier molecular flexibility index (Phi) is 93.6. The quantitative estimate of drug-likeness (QED) is 0.427. The zero-order chi connectivity index (χ0) is 3.58. The van der Waals surface area contributed by atoms with Crippen LogP contribution in [0.1, 0.15) is 0 Å². The van der Waals surface area contributed by atoms with E-state index in [4.69, 9.17) is 15.0 Å². The molecule has 0 aromatic heterocycles. The van der Waals surface area contributed by atoms with Gasteiger partial charge in [-0.05, 0) is 6.16 Å². The van der Waals surface area contributed by atoms with Gasteiger partial charge in [0.05, 0.1) is 0 Å². The molecular weight excluding hydrogens is 389 g/mol. The first kappa shape index (κ1) is 32.5. The first-order valence-corrected chi connectivity index (χ1v) is 0.612.